The minimum absolute atomic E-state index is 0.0346. The van der Waals surface area contributed by atoms with Gasteiger partial charge in [-0.1, -0.05) is 36.4 Å². The van der Waals surface area contributed by atoms with Crippen LogP contribution in [0.1, 0.15) is 16.5 Å². The van der Waals surface area contributed by atoms with E-state index in [4.69, 9.17) is 0 Å². The fourth-order valence-corrected chi connectivity index (χ4v) is 4.32. The van der Waals surface area contributed by atoms with Crippen LogP contribution in [0.4, 0.5) is 5.69 Å². The van der Waals surface area contributed by atoms with Gasteiger partial charge in [-0.25, -0.2) is 0 Å². The molecule has 1 N–H and O–H groups in total. The topological polar surface area (TPSA) is 53.2 Å². The lowest BCUT2D eigenvalue weighted by Crippen LogP contribution is -2.27. The second kappa shape index (κ2) is 5.83. The first-order valence-electron chi connectivity index (χ1n) is 7.76. The van der Waals surface area contributed by atoms with Gasteiger partial charge in [-0.15, -0.1) is 11.8 Å². The van der Waals surface area contributed by atoms with Gasteiger partial charge in [0.1, 0.15) is 5.37 Å². The number of hydrogen-bond acceptors (Lipinski definition) is 3. The lowest BCUT2D eigenvalue weighted by Gasteiger charge is -2.24. The largest absolute Gasteiger partial charge is 0.322 e. The molecule has 1 aliphatic rings. The molecule has 1 atom stereocenters. The van der Waals surface area contributed by atoms with E-state index in [-0.39, 0.29) is 16.8 Å². The first-order chi connectivity index (χ1) is 11.6. The predicted molar refractivity (Wildman–Crippen MR) is 98.4 cm³/mol. The Bertz CT molecular complexity index is 982. The number of amides is 1. The fraction of sp³-hybridized carbons (Fsp3) is 0.158. The quantitative estimate of drug-likeness (QED) is 0.778. The van der Waals surface area contributed by atoms with Crippen molar-refractivity contribution < 1.29 is 4.79 Å². The first-order valence-corrected chi connectivity index (χ1v) is 8.81. The van der Waals surface area contributed by atoms with Crippen LogP contribution in [0.5, 0.6) is 0 Å². The number of carbonyl (C=O) groups excluding carboxylic acids is 1. The fourth-order valence-electron chi connectivity index (χ4n) is 3.14. The van der Waals surface area contributed by atoms with Crippen molar-refractivity contribution in [1.82, 2.24) is 4.98 Å². The number of pyridine rings is 1. The van der Waals surface area contributed by atoms with Gasteiger partial charge in [0.15, 0.2) is 0 Å². The molecule has 2 heterocycles. The average molecular weight is 336 g/mol. The number of anilines is 1. The molecule has 2 aromatic carbocycles. The van der Waals surface area contributed by atoms with Crippen molar-refractivity contribution in [2.45, 2.75) is 12.3 Å². The smallest absolute Gasteiger partial charge is 0.248 e. The average Bonchev–Trinajstić information content (AvgIpc) is 2.96. The van der Waals surface area contributed by atoms with Crippen LogP contribution in [-0.4, -0.2) is 16.6 Å². The van der Waals surface area contributed by atoms with E-state index in [0.717, 1.165) is 27.7 Å². The number of rotatable bonds is 2. The second-order valence-electron chi connectivity index (χ2n) is 5.88. The standard InChI is InChI=1S/C19H16N2O2S/c1-12-9-17(22)20-16-10-14(7-8-15(12)16)21-18(23)11-24-19(21)13-5-3-2-4-6-13/h2-10,19H,11H2,1H3,(H,20,22). The molecular weight excluding hydrogens is 320 g/mol. The third-order valence-electron chi connectivity index (χ3n) is 4.26. The van der Waals surface area contributed by atoms with Crippen LogP contribution in [0.15, 0.2) is 59.4 Å². The Morgan fingerprint density at radius 3 is 2.67 bits per heavy atom. The molecule has 1 unspecified atom stereocenters. The number of nitrogens with one attached hydrogen (secondary N) is 1. The number of aromatic amines is 1. The Balaban J connectivity index is 1.82. The van der Waals surface area contributed by atoms with E-state index >= 15 is 0 Å². The lowest BCUT2D eigenvalue weighted by atomic mass is 10.1. The molecule has 0 radical (unpaired) electrons. The van der Waals surface area contributed by atoms with Crippen molar-refractivity contribution in [1.29, 1.82) is 0 Å². The van der Waals surface area contributed by atoms with Crippen LogP contribution >= 0.6 is 11.8 Å². The Kier molecular flexibility index (Phi) is 3.65. The number of carbonyl (C=O) groups is 1. The zero-order valence-electron chi connectivity index (χ0n) is 13.2. The number of aryl methyl sites for hydroxylation is 1. The summed E-state index contributed by atoms with van der Waals surface area (Å²) in [6.07, 6.45) is 0. The summed E-state index contributed by atoms with van der Waals surface area (Å²) in [6, 6.07) is 17.4. The summed E-state index contributed by atoms with van der Waals surface area (Å²) < 4.78 is 0. The van der Waals surface area contributed by atoms with Crippen LogP contribution < -0.4 is 10.5 Å². The van der Waals surface area contributed by atoms with Crippen LogP contribution in [0.3, 0.4) is 0 Å². The van der Waals surface area contributed by atoms with E-state index < -0.39 is 0 Å². The van der Waals surface area contributed by atoms with E-state index in [9.17, 15) is 9.59 Å². The van der Waals surface area contributed by atoms with Crippen molar-refractivity contribution >= 4 is 34.3 Å². The molecule has 1 amide bonds. The monoisotopic (exact) mass is 336 g/mol. The maximum atomic E-state index is 12.5. The van der Waals surface area contributed by atoms with Gasteiger partial charge in [-0.3, -0.25) is 14.5 Å². The van der Waals surface area contributed by atoms with E-state index in [0.29, 0.717) is 5.75 Å². The SMILES string of the molecule is Cc1cc(=O)[nH]c2cc(N3C(=O)CSC3c3ccccc3)ccc12. The highest BCUT2D eigenvalue weighted by atomic mass is 32.2. The summed E-state index contributed by atoms with van der Waals surface area (Å²) in [6.45, 7) is 1.92. The van der Waals surface area contributed by atoms with Crippen LogP contribution in [0.25, 0.3) is 10.9 Å². The Morgan fingerprint density at radius 1 is 1.08 bits per heavy atom. The number of thioether (sulfide) groups is 1. The highest BCUT2D eigenvalue weighted by Gasteiger charge is 2.34. The molecule has 0 aliphatic carbocycles. The molecule has 120 valence electrons. The molecule has 0 bridgehead atoms. The minimum Gasteiger partial charge on any atom is -0.322 e. The van der Waals surface area contributed by atoms with Crippen molar-refractivity contribution in [3.05, 3.63) is 76.1 Å². The minimum atomic E-state index is -0.126. The Morgan fingerprint density at radius 2 is 1.88 bits per heavy atom. The zero-order valence-corrected chi connectivity index (χ0v) is 14.0. The summed E-state index contributed by atoms with van der Waals surface area (Å²) in [5.41, 5.74) is 3.48. The van der Waals surface area contributed by atoms with Gasteiger partial charge in [-0.2, -0.15) is 0 Å². The number of hydrogen-bond donors (Lipinski definition) is 1. The summed E-state index contributed by atoms with van der Waals surface area (Å²) in [7, 11) is 0. The highest BCUT2D eigenvalue weighted by Crippen LogP contribution is 2.42. The number of H-pyrrole nitrogens is 1. The van der Waals surface area contributed by atoms with Gasteiger partial charge >= 0.3 is 0 Å². The summed E-state index contributed by atoms with van der Waals surface area (Å²) in [5, 5.41) is 0.960. The van der Waals surface area contributed by atoms with Crippen LogP contribution in [0.2, 0.25) is 0 Å². The van der Waals surface area contributed by atoms with Gasteiger partial charge < -0.3 is 4.98 Å². The molecule has 5 heteroatoms. The summed E-state index contributed by atoms with van der Waals surface area (Å²) in [4.78, 5) is 28.9. The van der Waals surface area contributed by atoms with Gasteiger partial charge in [-0.05, 0) is 30.2 Å². The maximum Gasteiger partial charge on any atom is 0.248 e. The number of nitrogens with zero attached hydrogens (tertiary/aromatic N) is 1. The van der Waals surface area contributed by atoms with Crippen molar-refractivity contribution in [2.24, 2.45) is 0 Å². The molecule has 4 nitrogen and oxygen atoms in total. The number of aromatic nitrogens is 1. The Hall–Kier alpha value is -2.53. The number of fused-ring (bicyclic) bond motifs is 1. The van der Waals surface area contributed by atoms with Crippen molar-refractivity contribution in [3.63, 3.8) is 0 Å². The molecule has 1 saturated heterocycles. The second-order valence-corrected chi connectivity index (χ2v) is 6.95. The van der Waals surface area contributed by atoms with Crippen LogP contribution in [0, 0.1) is 6.92 Å². The zero-order chi connectivity index (χ0) is 16.7. The third-order valence-corrected chi connectivity index (χ3v) is 5.48. The van der Waals surface area contributed by atoms with E-state index in [2.05, 4.69) is 4.98 Å². The summed E-state index contributed by atoms with van der Waals surface area (Å²) in [5.74, 6) is 0.547. The summed E-state index contributed by atoms with van der Waals surface area (Å²) >= 11 is 1.62. The molecule has 1 aromatic heterocycles. The normalized spacial score (nSPS) is 17.6. The number of benzene rings is 2. The molecule has 0 spiro atoms. The molecular formula is C19H16N2O2S. The van der Waals surface area contributed by atoms with E-state index in [1.807, 2.05) is 60.4 Å². The van der Waals surface area contributed by atoms with Gasteiger partial charge in [0, 0.05) is 17.1 Å². The first kappa shape index (κ1) is 15.0. The predicted octanol–water partition coefficient (Wildman–Crippen LogP) is 3.62. The molecule has 0 saturated carbocycles. The molecule has 4 rings (SSSR count). The Labute approximate surface area is 143 Å². The van der Waals surface area contributed by atoms with Crippen molar-refractivity contribution in [3.8, 4) is 0 Å². The van der Waals surface area contributed by atoms with Gasteiger partial charge in [0.25, 0.3) is 0 Å². The lowest BCUT2D eigenvalue weighted by molar-refractivity contribution is -0.115. The molecule has 1 aliphatic heterocycles. The molecule has 24 heavy (non-hydrogen) atoms. The van der Waals surface area contributed by atoms with Crippen molar-refractivity contribution in [2.75, 3.05) is 10.7 Å². The van der Waals surface area contributed by atoms with E-state index in [1.54, 1.807) is 17.8 Å². The van der Waals surface area contributed by atoms with Gasteiger partial charge in [0.2, 0.25) is 11.5 Å². The van der Waals surface area contributed by atoms with E-state index in [1.165, 1.54) is 0 Å². The molecule has 1 fully saturated rings. The highest BCUT2D eigenvalue weighted by molar-refractivity contribution is 8.00. The molecule has 3 aromatic rings. The van der Waals surface area contributed by atoms with Gasteiger partial charge in [0.05, 0.1) is 11.3 Å². The van der Waals surface area contributed by atoms with Crippen LogP contribution in [-0.2, 0) is 4.79 Å². The third kappa shape index (κ3) is 2.51. The maximum absolute atomic E-state index is 12.5.